The van der Waals surface area contributed by atoms with E-state index in [-0.39, 0.29) is 12.5 Å². The van der Waals surface area contributed by atoms with Crippen LogP contribution in [0.2, 0.25) is 0 Å². The molecule has 6 aromatic rings. The smallest absolute Gasteiger partial charge is 0.417 e. The summed E-state index contributed by atoms with van der Waals surface area (Å²) in [6.07, 6.45) is 3.01. The maximum atomic E-state index is 13.7. The van der Waals surface area contributed by atoms with E-state index in [0.29, 0.717) is 51.0 Å². The third-order valence-electron chi connectivity index (χ3n) is 6.51. The molecule has 1 amide bonds. The molecule has 0 spiro atoms. The van der Waals surface area contributed by atoms with Gasteiger partial charge in [0.1, 0.15) is 29.2 Å². The molecule has 10 heteroatoms. The lowest BCUT2D eigenvalue weighted by Gasteiger charge is -2.25. The zero-order chi connectivity index (χ0) is 25.6. The van der Waals surface area contributed by atoms with Crippen LogP contribution in [0.3, 0.4) is 0 Å². The highest BCUT2D eigenvalue weighted by Crippen LogP contribution is 2.45. The minimum Gasteiger partial charge on any atom is -0.457 e. The number of para-hydroxylation sites is 2. The zero-order valence-electron chi connectivity index (χ0n) is 19.8. The number of nitrogens with zero attached hydrogens (tertiary/aromatic N) is 3. The Morgan fingerprint density at radius 3 is 2.66 bits per heavy atom. The van der Waals surface area contributed by atoms with Crippen LogP contribution in [0, 0.1) is 0 Å². The molecule has 10 nitrogen and oxygen atoms in total. The first-order valence-electron chi connectivity index (χ1n) is 11.9. The van der Waals surface area contributed by atoms with Crippen molar-refractivity contribution in [3.05, 3.63) is 119 Å². The van der Waals surface area contributed by atoms with Gasteiger partial charge in [-0.3, -0.25) is 14.9 Å². The largest absolute Gasteiger partial charge is 0.457 e. The number of aromatic amines is 2. The minimum absolute atomic E-state index is 0.145. The summed E-state index contributed by atoms with van der Waals surface area (Å²) in [5.41, 5.74) is 3.82. The zero-order valence-corrected chi connectivity index (χ0v) is 19.8. The molecule has 1 aliphatic rings. The van der Waals surface area contributed by atoms with Gasteiger partial charge in [0.2, 0.25) is 5.89 Å². The number of amides is 1. The second kappa shape index (κ2) is 8.63. The van der Waals surface area contributed by atoms with Crippen molar-refractivity contribution < 1.29 is 18.4 Å². The molecule has 4 heterocycles. The Bertz CT molecular complexity index is 1830. The fourth-order valence-electron chi connectivity index (χ4n) is 4.92. The number of carbonyl (C=O) groups excluding carboxylic acids is 1. The molecule has 0 saturated heterocycles. The van der Waals surface area contributed by atoms with E-state index in [1.54, 1.807) is 23.2 Å². The van der Waals surface area contributed by atoms with Crippen molar-refractivity contribution in [2.24, 2.45) is 0 Å². The number of H-pyrrole nitrogens is 2. The molecule has 0 bridgehead atoms. The van der Waals surface area contributed by atoms with E-state index in [0.717, 1.165) is 5.56 Å². The normalized spacial score (nSPS) is 14.8. The first kappa shape index (κ1) is 21.9. The molecule has 1 unspecified atom stereocenters. The Morgan fingerprint density at radius 2 is 1.82 bits per heavy atom. The third-order valence-corrected chi connectivity index (χ3v) is 6.51. The van der Waals surface area contributed by atoms with Crippen LogP contribution < -0.4 is 10.5 Å². The summed E-state index contributed by atoms with van der Waals surface area (Å²) < 4.78 is 17.0. The number of ether oxygens (including phenoxy) is 1. The fourth-order valence-corrected chi connectivity index (χ4v) is 4.92. The molecule has 1 aliphatic heterocycles. The molecular formula is C28H19N5O5. The second-order valence-electron chi connectivity index (χ2n) is 8.81. The lowest BCUT2D eigenvalue weighted by Crippen LogP contribution is -2.29. The van der Waals surface area contributed by atoms with E-state index in [1.807, 2.05) is 60.7 Å². The van der Waals surface area contributed by atoms with Gasteiger partial charge in [-0.15, -0.1) is 0 Å². The molecule has 1 atom stereocenters. The van der Waals surface area contributed by atoms with E-state index < -0.39 is 11.8 Å². The van der Waals surface area contributed by atoms with Crippen LogP contribution in [-0.4, -0.2) is 31.0 Å². The van der Waals surface area contributed by atoms with Crippen molar-refractivity contribution in [3.8, 4) is 22.8 Å². The van der Waals surface area contributed by atoms with Crippen LogP contribution in [-0.2, 0) is 6.54 Å². The molecule has 186 valence electrons. The number of hydrogen-bond acceptors (Lipinski definition) is 7. The van der Waals surface area contributed by atoms with E-state index in [9.17, 15) is 9.59 Å². The molecule has 0 radical (unpaired) electrons. The first-order valence-corrected chi connectivity index (χ1v) is 11.9. The first-order chi connectivity index (χ1) is 18.7. The summed E-state index contributed by atoms with van der Waals surface area (Å²) in [6, 6.07) is 21.9. The van der Waals surface area contributed by atoms with E-state index in [2.05, 4.69) is 20.2 Å². The molecular weight excluding hydrogens is 486 g/mol. The summed E-state index contributed by atoms with van der Waals surface area (Å²) in [5.74, 6) is 0.901. The van der Waals surface area contributed by atoms with E-state index in [4.69, 9.17) is 13.6 Å². The molecule has 0 fully saturated rings. The highest BCUT2D eigenvalue weighted by Gasteiger charge is 2.43. The van der Waals surface area contributed by atoms with Crippen molar-refractivity contribution in [3.63, 3.8) is 0 Å². The standard InChI is InChI=1S/C28H19N5O5/c34-27-24-22(23(31-32-24)19-10-5-11-20-26(19)38-28(35)30-20)25(33(27)15-21-29-12-13-36-21)16-6-4-9-18(14-16)37-17-7-2-1-3-8-17/h1-14,25H,15H2,(H,30,35)(H,31,32). The number of oxazole rings is 2. The van der Waals surface area contributed by atoms with Gasteiger partial charge < -0.3 is 18.5 Å². The van der Waals surface area contributed by atoms with Crippen molar-refractivity contribution in [1.82, 2.24) is 25.1 Å². The predicted octanol–water partition coefficient (Wildman–Crippen LogP) is 5.04. The number of rotatable bonds is 6. The van der Waals surface area contributed by atoms with Crippen LogP contribution >= 0.6 is 0 Å². The number of carbonyl (C=O) groups is 1. The van der Waals surface area contributed by atoms with Crippen molar-refractivity contribution >= 4 is 17.0 Å². The van der Waals surface area contributed by atoms with Gasteiger partial charge in [-0.25, -0.2) is 9.78 Å². The Labute approximate surface area is 214 Å². The lowest BCUT2D eigenvalue weighted by molar-refractivity contribution is 0.0713. The number of nitrogens with one attached hydrogen (secondary N) is 2. The van der Waals surface area contributed by atoms with Crippen molar-refractivity contribution in [1.29, 1.82) is 0 Å². The minimum atomic E-state index is -0.566. The average molecular weight is 505 g/mol. The van der Waals surface area contributed by atoms with Gasteiger partial charge >= 0.3 is 5.76 Å². The number of aromatic nitrogens is 4. The molecule has 38 heavy (non-hydrogen) atoms. The summed E-state index contributed by atoms with van der Waals surface area (Å²) in [7, 11) is 0. The summed E-state index contributed by atoms with van der Waals surface area (Å²) in [4.78, 5) is 34.2. The number of hydrogen-bond donors (Lipinski definition) is 2. The van der Waals surface area contributed by atoms with Gasteiger partial charge in [0.25, 0.3) is 5.91 Å². The maximum absolute atomic E-state index is 13.7. The maximum Gasteiger partial charge on any atom is 0.417 e. The van der Waals surface area contributed by atoms with Gasteiger partial charge in [-0.2, -0.15) is 5.10 Å². The Morgan fingerprint density at radius 1 is 0.974 bits per heavy atom. The fraction of sp³-hybridized carbons (Fsp3) is 0.0714. The topological polar surface area (TPSA) is 130 Å². The van der Waals surface area contributed by atoms with Crippen LogP contribution in [0.5, 0.6) is 11.5 Å². The predicted molar refractivity (Wildman–Crippen MR) is 136 cm³/mol. The van der Waals surface area contributed by atoms with Gasteiger partial charge in [0, 0.05) is 11.1 Å². The van der Waals surface area contributed by atoms with Crippen molar-refractivity contribution in [2.75, 3.05) is 0 Å². The molecule has 3 aromatic carbocycles. The number of benzene rings is 3. The third kappa shape index (κ3) is 3.58. The Balaban J connectivity index is 1.38. The molecule has 3 aromatic heterocycles. The van der Waals surface area contributed by atoms with Crippen LogP contribution in [0.15, 0.2) is 98.9 Å². The van der Waals surface area contributed by atoms with Gasteiger partial charge in [-0.1, -0.05) is 36.4 Å². The molecule has 7 rings (SSSR count). The van der Waals surface area contributed by atoms with Gasteiger partial charge in [-0.05, 0) is 42.0 Å². The highest BCUT2D eigenvalue weighted by atomic mass is 16.5. The van der Waals surface area contributed by atoms with Gasteiger partial charge in [0.15, 0.2) is 5.58 Å². The number of fused-ring (bicyclic) bond motifs is 2. The monoisotopic (exact) mass is 505 g/mol. The lowest BCUT2D eigenvalue weighted by atomic mass is 9.95. The molecule has 0 aliphatic carbocycles. The van der Waals surface area contributed by atoms with Gasteiger partial charge in [0.05, 0.1) is 24.3 Å². The molecule has 2 N–H and O–H groups in total. The highest BCUT2D eigenvalue weighted by molar-refractivity contribution is 6.01. The van der Waals surface area contributed by atoms with Crippen LogP contribution in [0.1, 0.15) is 33.5 Å². The Kier molecular flexibility index (Phi) is 4.96. The second-order valence-corrected chi connectivity index (χ2v) is 8.81. The average Bonchev–Trinajstić information content (AvgIpc) is 3.71. The van der Waals surface area contributed by atoms with Crippen LogP contribution in [0.4, 0.5) is 0 Å². The van der Waals surface area contributed by atoms with E-state index >= 15 is 0 Å². The van der Waals surface area contributed by atoms with E-state index in [1.165, 1.54) is 6.26 Å². The van der Waals surface area contributed by atoms with Crippen LogP contribution in [0.25, 0.3) is 22.4 Å². The summed E-state index contributed by atoms with van der Waals surface area (Å²) in [5, 5.41) is 7.41. The quantitative estimate of drug-likeness (QED) is 0.324. The summed E-state index contributed by atoms with van der Waals surface area (Å²) in [6.45, 7) is 0.145. The Hall–Kier alpha value is -5.38. The summed E-state index contributed by atoms with van der Waals surface area (Å²) >= 11 is 0. The molecule has 0 saturated carbocycles. The van der Waals surface area contributed by atoms with Crippen molar-refractivity contribution in [2.45, 2.75) is 12.6 Å². The SMILES string of the molecule is O=C1c2[nH]nc(-c3cccc4[nH]c(=O)oc34)c2C(c2cccc(Oc3ccccc3)c2)N1Cc1ncco1.